The molecule has 0 aromatic heterocycles. The van der Waals surface area contributed by atoms with Gasteiger partial charge in [-0.05, 0) is 0 Å². The molecule has 1 atom stereocenters. The Balaban J connectivity index is 0.00000121. The van der Waals surface area contributed by atoms with Crippen LogP contribution < -0.4 is 0 Å². The first-order valence-electron chi connectivity index (χ1n) is 3.20. The second-order valence-corrected chi connectivity index (χ2v) is 3.34. The fourth-order valence-corrected chi connectivity index (χ4v) is 2.17. The van der Waals surface area contributed by atoms with Gasteiger partial charge < -0.3 is 10.0 Å². The Morgan fingerprint density at radius 2 is 2.17 bits per heavy atom. The number of hydrogen-bond acceptors (Lipinski definition) is 3. The molecule has 6 heteroatoms. The molecular weight excluding hydrogens is 205 g/mol. The molecule has 0 saturated carbocycles. The first-order chi connectivity index (χ1) is 5.13. The molecule has 64 valence electrons. The van der Waals surface area contributed by atoms with E-state index in [9.17, 15) is 9.59 Å². The molecule has 0 bridgehead atoms. The molecule has 0 aliphatic carbocycles. The van der Waals surface area contributed by atoms with Crippen LogP contribution in [0, 0.1) is 0 Å². The minimum atomic E-state index is -0.912. The number of amides is 1. The Hall–Kier alpha value is 0.926. The van der Waals surface area contributed by atoms with E-state index in [1.807, 2.05) is 0 Å². The molecule has 4 nitrogen and oxygen atoms in total. The second-order valence-electron chi connectivity index (χ2n) is 2.34. The monoisotopic (exact) mass is 215 g/mol. The van der Waals surface area contributed by atoms with Crippen LogP contribution in [0.5, 0.6) is 0 Å². The van der Waals surface area contributed by atoms with E-state index in [1.54, 1.807) is 0 Å². The fraction of sp³-hybridized carbons (Fsp3) is 0.667. The molecule has 12 heavy (non-hydrogen) atoms. The summed E-state index contributed by atoms with van der Waals surface area (Å²) in [5.74, 6) is -0.0612. The molecule has 0 radical (unpaired) electrons. The normalized spacial score (nSPS) is 21.8. The van der Waals surface area contributed by atoms with Crippen molar-refractivity contribution in [3.63, 3.8) is 0 Å². The zero-order chi connectivity index (χ0) is 8.43. The number of carboxylic acids is 1. The van der Waals surface area contributed by atoms with Crippen LogP contribution in [0.25, 0.3) is 0 Å². The molecule has 1 aliphatic rings. The number of hydrogen-bond donors (Lipinski definition) is 1. The maximum atomic E-state index is 10.8. The van der Waals surface area contributed by atoms with Gasteiger partial charge in [-0.2, -0.15) is 0 Å². The molecule has 1 saturated heterocycles. The van der Waals surface area contributed by atoms with Crippen molar-refractivity contribution >= 4 is 75.0 Å². The summed E-state index contributed by atoms with van der Waals surface area (Å²) in [6, 6.07) is -0.613. The van der Waals surface area contributed by atoms with Crippen LogP contribution in [-0.2, 0) is 9.59 Å². The molecule has 1 heterocycles. The predicted molar refractivity (Wildman–Crippen MR) is 48.4 cm³/mol. The Kier molecular flexibility index (Phi) is 6.05. The van der Waals surface area contributed by atoms with Gasteiger partial charge in [-0.15, -0.1) is 11.8 Å². The van der Waals surface area contributed by atoms with E-state index in [0.29, 0.717) is 11.6 Å². The topological polar surface area (TPSA) is 57.6 Å². The van der Waals surface area contributed by atoms with Gasteiger partial charge in [0.25, 0.3) is 0 Å². The van der Waals surface area contributed by atoms with Crippen LogP contribution in [-0.4, -0.2) is 90.9 Å². The van der Waals surface area contributed by atoms with Crippen molar-refractivity contribution < 1.29 is 14.7 Å². The number of carboxylic acid groups (broad SMARTS) is 1. The number of aliphatic carboxylic acids is 1. The summed E-state index contributed by atoms with van der Waals surface area (Å²) in [5, 5.41) is 8.63. The van der Waals surface area contributed by atoms with Crippen LogP contribution in [0.1, 0.15) is 6.92 Å². The quantitative estimate of drug-likeness (QED) is 0.590. The standard InChI is InChI=1S/C6H9NO3S.K.H/c1-4(8)7-3-11-2-5(7)6(9)10;;/h5H,2-3H2,1H3,(H,9,10);;. The van der Waals surface area contributed by atoms with Crippen LogP contribution in [0.15, 0.2) is 0 Å². The van der Waals surface area contributed by atoms with E-state index >= 15 is 0 Å². The van der Waals surface area contributed by atoms with Crippen molar-refractivity contribution in [1.29, 1.82) is 0 Å². The van der Waals surface area contributed by atoms with Crippen LogP contribution in [0.2, 0.25) is 0 Å². The molecule has 1 aliphatic heterocycles. The molecule has 0 aromatic carbocycles. The molecule has 1 rings (SSSR count). The summed E-state index contributed by atoms with van der Waals surface area (Å²) in [4.78, 5) is 22.7. The van der Waals surface area contributed by atoms with E-state index in [4.69, 9.17) is 5.11 Å². The van der Waals surface area contributed by atoms with Gasteiger partial charge in [0, 0.05) is 12.7 Å². The van der Waals surface area contributed by atoms with Gasteiger partial charge in [0.05, 0.1) is 5.88 Å². The molecule has 1 unspecified atom stereocenters. The Bertz CT molecular complexity index is 179. The number of thioether (sulfide) groups is 1. The van der Waals surface area contributed by atoms with Gasteiger partial charge in [-0.25, -0.2) is 4.79 Å². The van der Waals surface area contributed by atoms with Gasteiger partial charge in [-0.3, -0.25) is 4.79 Å². The average Bonchev–Trinajstić information content (AvgIpc) is 2.32. The van der Waals surface area contributed by atoms with Crippen molar-refractivity contribution in [3.8, 4) is 0 Å². The zero-order valence-corrected chi connectivity index (χ0v) is 6.93. The maximum absolute atomic E-state index is 10.8. The first-order valence-corrected chi connectivity index (χ1v) is 4.36. The SMILES string of the molecule is CC(=O)N1CSCC1C(=O)O.[KH]. The van der Waals surface area contributed by atoms with Crippen molar-refractivity contribution in [2.24, 2.45) is 0 Å². The van der Waals surface area contributed by atoms with Crippen LogP contribution in [0.4, 0.5) is 0 Å². The zero-order valence-electron chi connectivity index (χ0n) is 6.11. The Morgan fingerprint density at radius 1 is 1.58 bits per heavy atom. The van der Waals surface area contributed by atoms with E-state index in [2.05, 4.69) is 0 Å². The third-order valence-electron chi connectivity index (χ3n) is 1.57. The van der Waals surface area contributed by atoms with E-state index in [0.717, 1.165) is 0 Å². The third-order valence-corrected chi connectivity index (χ3v) is 2.58. The number of carbonyl (C=O) groups excluding carboxylic acids is 1. The second kappa shape index (κ2) is 5.61. The van der Waals surface area contributed by atoms with Crippen molar-refractivity contribution in [2.45, 2.75) is 13.0 Å². The van der Waals surface area contributed by atoms with Gasteiger partial charge >= 0.3 is 57.4 Å². The van der Waals surface area contributed by atoms with Crippen molar-refractivity contribution in [3.05, 3.63) is 0 Å². The Morgan fingerprint density at radius 3 is 2.50 bits per heavy atom. The van der Waals surface area contributed by atoms with Crippen LogP contribution >= 0.6 is 11.8 Å². The van der Waals surface area contributed by atoms with Crippen LogP contribution in [0.3, 0.4) is 0 Å². The summed E-state index contributed by atoms with van der Waals surface area (Å²) >= 11 is 1.47. The van der Waals surface area contributed by atoms with Crippen molar-refractivity contribution in [2.75, 3.05) is 11.6 Å². The molecular formula is C6H10KNO3S. The number of carbonyl (C=O) groups is 2. The molecule has 1 amide bonds. The van der Waals surface area contributed by atoms with Gasteiger partial charge in [0.2, 0.25) is 5.91 Å². The van der Waals surface area contributed by atoms with E-state index in [1.165, 1.54) is 23.6 Å². The first kappa shape index (κ1) is 12.9. The Labute approximate surface area is 117 Å². The molecule has 1 fully saturated rings. The summed E-state index contributed by atoms with van der Waals surface area (Å²) in [7, 11) is 0. The molecule has 0 aromatic rings. The van der Waals surface area contributed by atoms with Gasteiger partial charge in [0.15, 0.2) is 0 Å². The minimum absolute atomic E-state index is 0. The fourth-order valence-electron chi connectivity index (χ4n) is 0.958. The number of rotatable bonds is 1. The summed E-state index contributed by atoms with van der Waals surface area (Å²) in [5.41, 5.74) is 0. The molecule has 1 N–H and O–H groups in total. The summed E-state index contributed by atoms with van der Waals surface area (Å²) in [6.07, 6.45) is 0. The molecule has 0 spiro atoms. The average molecular weight is 215 g/mol. The predicted octanol–water partition coefficient (Wildman–Crippen LogP) is -0.656. The summed E-state index contributed by atoms with van der Waals surface area (Å²) < 4.78 is 0. The van der Waals surface area contributed by atoms with Gasteiger partial charge in [-0.1, -0.05) is 0 Å². The summed E-state index contributed by atoms with van der Waals surface area (Å²) in [6.45, 7) is 1.39. The van der Waals surface area contributed by atoms with E-state index < -0.39 is 12.0 Å². The number of nitrogens with zero attached hydrogens (tertiary/aromatic N) is 1. The van der Waals surface area contributed by atoms with E-state index in [-0.39, 0.29) is 57.3 Å². The third kappa shape index (κ3) is 3.01. The van der Waals surface area contributed by atoms with Gasteiger partial charge in [0.1, 0.15) is 6.04 Å². The van der Waals surface area contributed by atoms with Crippen molar-refractivity contribution in [1.82, 2.24) is 4.90 Å².